The van der Waals surface area contributed by atoms with E-state index in [1.54, 1.807) is 0 Å². The Bertz CT molecular complexity index is 724. The van der Waals surface area contributed by atoms with E-state index < -0.39 is 0 Å². The summed E-state index contributed by atoms with van der Waals surface area (Å²) in [6.07, 6.45) is 9.47. The zero-order valence-electron chi connectivity index (χ0n) is 15.8. The van der Waals surface area contributed by atoms with Gasteiger partial charge in [0.05, 0.1) is 12.4 Å². The van der Waals surface area contributed by atoms with E-state index >= 15 is 0 Å². The van der Waals surface area contributed by atoms with Crippen LogP contribution in [0.15, 0.2) is 54.0 Å². The molecule has 1 aromatic carbocycles. The number of nitrogens with zero attached hydrogens (tertiary/aromatic N) is 4. The molecule has 138 valence electrons. The molecule has 5 nitrogen and oxygen atoms in total. The van der Waals surface area contributed by atoms with E-state index in [1.165, 1.54) is 18.4 Å². The van der Waals surface area contributed by atoms with Gasteiger partial charge in [-0.1, -0.05) is 37.3 Å². The van der Waals surface area contributed by atoms with E-state index in [-0.39, 0.29) is 0 Å². The predicted octanol–water partition coefficient (Wildman–Crippen LogP) is 2.97. The van der Waals surface area contributed by atoms with Gasteiger partial charge in [0.2, 0.25) is 0 Å². The first-order valence-corrected chi connectivity index (χ1v) is 9.74. The van der Waals surface area contributed by atoms with Crippen LogP contribution < -0.4 is 5.32 Å². The van der Waals surface area contributed by atoms with Crippen LogP contribution >= 0.6 is 0 Å². The molecule has 2 heterocycles. The van der Waals surface area contributed by atoms with Crippen molar-refractivity contribution in [2.75, 3.05) is 20.1 Å². The first-order valence-electron chi connectivity index (χ1n) is 9.74. The van der Waals surface area contributed by atoms with Crippen LogP contribution in [0.1, 0.15) is 31.4 Å². The first kappa shape index (κ1) is 17.1. The average molecular weight is 351 g/mol. The molecular formula is C21H29N5. The number of likely N-dealkylation sites (tertiary alicyclic amines) is 1. The van der Waals surface area contributed by atoms with Crippen LogP contribution in [0.2, 0.25) is 0 Å². The molecule has 2 fully saturated rings. The maximum Gasteiger partial charge on any atom is 0.193 e. The number of guanidine groups is 1. The van der Waals surface area contributed by atoms with E-state index in [2.05, 4.69) is 68.2 Å². The second kappa shape index (κ2) is 7.52. The molecule has 1 saturated carbocycles. The van der Waals surface area contributed by atoms with Crippen LogP contribution in [0.3, 0.4) is 0 Å². The lowest BCUT2D eigenvalue weighted by molar-refractivity contribution is 0.189. The molecule has 0 radical (unpaired) electrons. The largest absolute Gasteiger partial charge is 0.353 e. The minimum absolute atomic E-state index is 0.462. The Morgan fingerprint density at radius 3 is 2.88 bits per heavy atom. The highest BCUT2D eigenvalue weighted by molar-refractivity contribution is 5.80. The van der Waals surface area contributed by atoms with Crippen LogP contribution in [-0.4, -0.2) is 46.6 Å². The van der Waals surface area contributed by atoms with Crippen molar-refractivity contribution in [2.45, 2.75) is 38.3 Å². The van der Waals surface area contributed by atoms with Crippen LogP contribution in [0, 0.1) is 11.8 Å². The molecule has 26 heavy (non-hydrogen) atoms. The number of aromatic nitrogens is 2. The van der Waals surface area contributed by atoms with E-state index in [0.29, 0.717) is 18.0 Å². The van der Waals surface area contributed by atoms with Gasteiger partial charge in [0, 0.05) is 38.6 Å². The smallest absolute Gasteiger partial charge is 0.193 e. The summed E-state index contributed by atoms with van der Waals surface area (Å²) < 4.78 is 2.25. The molecular weight excluding hydrogens is 322 g/mol. The van der Waals surface area contributed by atoms with Crippen molar-refractivity contribution in [2.24, 2.45) is 16.8 Å². The summed E-state index contributed by atoms with van der Waals surface area (Å²) in [5.41, 5.74) is 1.43. The van der Waals surface area contributed by atoms with E-state index in [4.69, 9.17) is 0 Å². The minimum Gasteiger partial charge on any atom is -0.353 e. The second-order valence-corrected chi connectivity index (χ2v) is 7.77. The number of nitrogens with one attached hydrogen (secondary N) is 1. The van der Waals surface area contributed by atoms with Gasteiger partial charge >= 0.3 is 0 Å². The van der Waals surface area contributed by atoms with Gasteiger partial charge in [-0.05, 0) is 36.7 Å². The number of benzene rings is 1. The van der Waals surface area contributed by atoms with E-state index in [0.717, 1.165) is 31.4 Å². The van der Waals surface area contributed by atoms with Gasteiger partial charge in [0.15, 0.2) is 5.96 Å². The number of piperidine rings is 1. The molecule has 4 unspecified atom stereocenters. The third-order valence-electron chi connectivity index (χ3n) is 5.92. The van der Waals surface area contributed by atoms with Crippen molar-refractivity contribution in [3.8, 4) is 0 Å². The Morgan fingerprint density at radius 2 is 2.15 bits per heavy atom. The minimum atomic E-state index is 0.462. The lowest BCUT2D eigenvalue weighted by Gasteiger charge is -2.39. The molecule has 1 aliphatic carbocycles. The zero-order valence-corrected chi connectivity index (χ0v) is 15.8. The van der Waals surface area contributed by atoms with E-state index in [9.17, 15) is 0 Å². The summed E-state index contributed by atoms with van der Waals surface area (Å²) in [5.74, 6) is 2.44. The van der Waals surface area contributed by atoms with Gasteiger partial charge in [-0.15, -0.1) is 0 Å². The third-order valence-corrected chi connectivity index (χ3v) is 5.92. The fraction of sp³-hybridized carbons (Fsp3) is 0.524. The highest BCUT2D eigenvalue weighted by Gasteiger charge is 2.39. The van der Waals surface area contributed by atoms with Crippen LogP contribution in [0.4, 0.5) is 0 Å². The Hall–Kier alpha value is -2.30. The fourth-order valence-corrected chi connectivity index (χ4v) is 4.12. The third kappa shape index (κ3) is 3.76. The number of hydrogen-bond donors (Lipinski definition) is 1. The average Bonchev–Trinajstić information content (AvgIpc) is 3.16. The van der Waals surface area contributed by atoms with Crippen molar-refractivity contribution in [1.29, 1.82) is 0 Å². The number of imidazole rings is 1. The van der Waals surface area contributed by atoms with Gasteiger partial charge < -0.3 is 14.8 Å². The number of aliphatic imine (C=N–C) groups is 1. The van der Waals surface area contributed by atoms with Gasteiger partial charge in [-0.2, -0.15) is 0 Å². The van der Waals surface area contributed by atoms with Gasteiger partial charge in [-0.25, -0.2) is 4.98 Å². The molecule has 0 amide bonds. The molecule has 2 aliphatic rings. The molecule has 0 spiro atoms. The first-order chi connectivity index (χ1) is 12.7. The van der Waals surface area contributed by atoms with Crippen LogP contribution in [-0.2, 0) is 6.42 Å². The molecule has 0 bridgehead atoms. The number of rotatable bonds is 4. The Balaban J connectivity index is 1.35. The summed E-state index contributed by atoms with van der Waals surface area (Å²) in [5, 5.41) is 3.71. The van der Waals surface area contributed by atoms with Gasteiger partial charge in [0.25, 0.3) is 0 Å². The Kier molecular flexibility index (Phi) is 4.96. The van der Waals surface area contributed by atoms with Crippen molar-refractivity contribution >= 4 is 5.96 Å². The van der Waals surface area contributed by atoms with Gasteiger partial charge in [0.1, 0.15) is 0 Å². The SMILES string of the molecule is CN=C(NC1CC1Cc1ccccc1)N1CCC(C)C(n2ccnc2)C1. The molecule has 1 aliphatic heterocycles. The molecule has 2 aromatic rings. The standard InChI is InChI=1S/C21H29N5/c1-16-8-10-25(14-20(16)26-11-9-23-15-26)21(22-2)24-19-13-18(19)12-17-6-4-3-5-7-17/h3-7,9,11,15-16,18-20H,8,10,12-14H2,1-2H3,(H,22,24). The van der Waals surface area contributed by atoms with Gasteiger partial charge in [-0.3, -0.25) is 4.99 Å². The van der Waals surface area contributed by atoms with Crippen molar-refractivity contribution in [3.05, 3.63) is 54.6 Å². The maximum absolute atomic E-state index is 4.58. The van der Waals surface area contributed by atoms with Crippen LogP contribution in [0.25, 0.3) is 0 Å². The highest BCUT2D eigenvalue weighted by Crippen LogP contribution is 2.34. The fourth-order valence-electron chi connectivity index (χ4n) is 4.12. The second-order valence-electron chi connectivity index (χ2n) is 7.77. The zero-order chi connectivity index (χ0) is 17.9. The molecule has 4 atom stereocenters. The molecule has 4 rings (SSSR count). The normalized spacial score (nSPS) is 28.8. The quantitative estimate of drug-likeness (QED) is 0.680. The van der Waals surface area contributed by atoms with Crippen molar-refractivity contribution in [3.63, 3.8) is 0 Å². The lowest BCUT2D eigenvalue weighted by Crippen LogP contribution is -2.49. The maximum atomic E-state index is 4.58. The van der Waals surface area contributed by atoms with Crippen LogP contribution in [0.5, 0.6) is 0 Å². The summed E-state index contributed by atoms with van der Waals surface area (Å²) >= 11 is 0. The monoisotopic (exact) mass is 351 g/mol. The summed E-state index contributed by atoms with van der Waals surface area (Å²) in [6.45, 7) is 4.41. The lowest BCUT2D eigenvalue weighted by atomic mass is 9.93. The van der Waals surface area contributed by atoms with Crippen molar-refractivity contribution in [1.82, 2.24) is 19.8 Å². The molecule has 5 heteroatoms. The molecule has 1 N–H and O–H groups in total. The molecule has 1 aromatic heterocycles. The summed E-state index contributed by atoms with van der Waals surface area (Å²) in [7, 11) is 1.90. The Morgan fingerprint density at radius 1 is 1.31 bits per heavy atom. The van der Waals surface area contributed by atoms with E-state index in [1.807, 2.05) is 19.6 Å². The summed E-state index contributed by atoms with van der Waals surface area (Å²) in [6, 6.07) is 11.8. The highest BCUT2D eigenvalue weighted by atomic mass is 15.3. The molecule has 1 saturated heterocycles. The number of hydrogen-bond acceptors (Lipinski definition) is 2. The summed E-state index contributed by atoms with van der Waals surface area (Å²) in [4.78, 5) is 11.2. The van der Waals surface area contributed by atoms with Crippen molar-refractivity contribution < 1.29 is 0 Å². The predicted molar refractivity (Wildman–Crippen MR) is 105 cm³/mol. The Labute approximate surface area is 156 Å². The topological polar surface area (TPSA) is 45.5 Å².